The smallest absolute Gasteiger partial charge is 0.338 e. The number of carbonyl (C=O) groups excluding carboxylic acids is 3. The first-order chi connectivity index (χ1) is 11.8. The van der Waals surface area contributed by atoms with Gasteiger partial charge in [-0.25, -0.2) is 14.4 Å². The third-order valence-corrected chi connectivity index (χ3v) is 3.96. The predicted molar refractivity (Wildman–Crippen MR) is 91.0 cm³/mol. The van der Waals surface area contributed by atoms with E-state index in [1.54, 1.807) is 26.0 Å². The first-order valence-electron chi connectivity index (χ1n) is 8.05. The fourth-order valence-electron chi connectivity index (χ4n) is 2.48. The maximum Gasteiger partial charge on any atom is 0.338 e. The van der Waals surface area contributed by atoms with E-state index in [9.17, 15) is 14.4 Å². The molecule has 7 heteroatoms. The minimum atomic E-state index is -0.556. The maximum atomic E-state index is 12.2. The van der Waals surface area contributed by atoms with Crippen LogP contribution < -0.4 is 10.6 Å². The summed E-state index contributed by atoms with van der Waals surface area (Å²) in [7, 11) is 0. The molecular weight excluding hydrogens is 324 g/mol. The molecule has 1 aromatic rings. The van der Waals surface area contributed by atoms with Crippen LogP contribution in [-0.4, -0.2) is 37.2 Å². The summed E-state index contributed by atoms with van der Waals surface area (Å²) in [6, 6.07) is 4.25. The Balaban J connectivity index is 2.17. The van der Waals surface area contributed by atoms with Crippen molar-refractivity contribution in [2.45, 2.75) is 33.7 Å². The average Bonchev–Trinajstić information content (AvgIpc) is 2.54. The number of urea groups is 1. The van der Waals surface area contributed by atoms with Crippen LogP contribution in [0.5, 0.6) is 0 Å². The van der Waals surface area contributed by atoms with E-state index in [-0.39, 0.29) is 24.5 Å². The molecule has 0 bridgehead atoms. The minimum Gasteiger partial charge on any atom is -0.463 e. The lowest BCUT2D eigenvalue weighted by Gasteiger charge is -2.26. The van der Waals surface area contributed by atoms with Crippen molar-refractivity contribution in [3.63, 3.8) is 0 Å². The van der Waals surface area contributed by atoms with Crippen LogP contribution in [0.1, 0.15) is 35.3 Å². The monoisotopic (exact) mass is 346 g/mol. The summed E-state index contributed by atoms with van der Waals surface area (Å²) in [6.45, 7) is 7.19. The van der Waals surface area contributed by atoms with E-state index in [4.69, 9.17) is 9.47 Å². The van der Waals surface area contributed by atoms with Gasteiger partial charge < -0.3 is 20.1 Å². The van der Waals surface area contributed by atoms with Gasteiger partial charge >= 0.3 is 18.0 Å². The Morgan fingerprint density at radius 2 is 1.84 bits per heavy atom. The van der Waals surface area contributed by atoms with Crippen molar-refractivity contribution in [3.8, 4) is 0 Å². The topological polar surface area (TPSA) is 93.7 Å². The Hall–Kier alpha value is -2.83. The van der Waals surface area contributed by atoms with Gasteiger partial charge in [-0.2, -0.15) is 0 Å². The number of nitrogens with one attached hydrogen (secondary N) is 2. The summed E-state index contributed by atoms with van der Waals surface area (Å²) >= 11 is 0. The average molecular weight is 346 g/mol. The normalized spacial score (nSPS) is 16.8. The second-order valence-corrected chi connectivity index (χ2v) is 5.81. The van der Waals surface area contributed by atoms with Crippen molar-refractivity contribution in [2.75, 3.05) is 13.2 Å². The largest absolute Gasteiger partial charge is 0.463 e. The maximum absolute atomic E-state index is 12.2. The molecule has 1 unspecified atom stereocenters. The van der Waals surface area contributed by atoms with Gasteiger partial charge in [-0.15, -0.1) is 0 Å². The van der Waals surface area contributed by atoms with Gasteiger partial charge in [0.25, 0.3) is 0 Å². The Morgan fingerprint density at radius 3 is 2.48 bits per heavy atom. The van der Waals surface area contributed by atoms with Crippen molar-refractivity contribution in [1.29, 1.82) is 0 Å². The van der Waals surface area contributed by atoms with Crippen LogP contribution in [0.4, 0.5) is 4.79 Å². The molecule has 25 heavy (non-hydrogen) atoms. The number of rotatable bonds is 5. The molecule has 0 radical (unpaired) electrons. The number of amides is 2. The zero-order valence-corrected chi connectivity index (χ0v) is 14.8. The molecule has 7 nitrogen and oxygen atoms in total. The summed E-state index contributed by atoms with van der Waals surface area (Å²) in [4.78, 5) is 36.0. The van der Waals surface area contributed by atoms with Gasteiger partial charge in [0.1, 0.15) is 6.61 Å². The van der Waals surface area contributed by atoms with Crippen LogP contribution in [0.2, 0.25) is 0 Å². The number of hydrogen-bond donors (Lipinski definition) is 2. The summed E-state index contributed by atoms with van der Waals surface area (Å²) in [6.07, 6.45) is 0. The van der Waals surface area contributed by atoms with Crippen LogP contribution in [0, 0.1) is 13.8 Å². The van der Waals surface area contributed by atoms with Crippen LogP contribution in [0.25, 0.3) is 0 Å². The molecule has 1 aromatic carbocycles. The number of carbonyl (C=O) groups is 3. The van der Waals surface area contributed by atoms with E-state index in [0.29, 0.717) is 5.56 Å². The highest BCUT2D eigenvalue weighted by atomic mass is 16.5. The molecule has 2 amide bonds. The molecule has 1 heterocycles. The Labute approximate surface area is 146 Å². The molecule has 134 valence electrons. The predicted octanol–water partition coefficient (Wildman–Crippen LogP) is 1.98. The lowest BCUT2D eigenvalue weighted by Crippen LogP contribution is -2.50. The number of aryl methyl sites for hydroxylation is 2. The van der Waals surface area contributed by atoms with E-state index < -0.39 is 24.0 Å². The second kappa shape index (κ2) is 7.83. The van der Waals surface area contributed by atoms with Gasteiger partial charge in [0.2, 0.25) is 0 Å². The van der Waals surface area contributed by atoms with Gasteiger partial charge in [0, 0.05) is 0 Å². The van der Waals surface area contributed by atoms with Crippen molar-refractivity contribution in [2.24, 2.45) is 0 Å². The highest BCUT2D eigenvalue weighted by molar-refractivity contribution is 5.95. The molecule has 1 aliphatic heterocycles. The highest BCUT2D eigenvalue weighted by Gasteiger charge is 2.30. The first-order valence-corrected chi connectivity index (χ1v) is 8.05. The molecule has 0 fully saturated rings. The third kappa shape index (κ3) is 4.37. The summed E-state index contributed by atoms with van der Waals surface area (Å²) < 4.78 is 10.3. The van der Waals surface area contributed by atoms with Gasteiger partial charge in [-0.3, -0.25) is 0 Å². The molecule has 1 atom stereocenters. The Morgan fingerprint density at radius 1 is 1.12 bits per heavy atom. The van der Waals surface area contributed by atoms with Gasteiger partial charge in [-0.1, -0.05) is 6.07 Å². The van der Waals surface area contributed by atoms with Crippen molar-refractivity contribution >= 4 is 18.0 Å². The molecule has 0 spiro atoms. The van der Waals surface area contributed by atoms with Crippen LogP contribution in [0.15, 0.2) is 29.5 Å². The van der Waals surface area contributed by atoms with Crippen LogP contribution in [0.3, 0.4) is 0 Å². The van der Waals surface area contributed by atoms with Crippen LogP contribution >= 0.6 is 0 Å². The fraction of sp³-hybridized carbons (Fsp3) is 0.389. The number of hydrogen-bond acceptors (Lipinski definition) is 5. The summed E-state index contributed by atoms with van der Waals surface area (Å²) in [5.41, 5.74) is 2.93. The minimum absolute atomic E-state index is 0.207. The van der Waals surface area contributed by atoms with Crippen molar-refractivity contribution in [1.82, 2.24) is 10.6 Å². The Bertz CT molecular complexity index is 739. The molecular formula is C18H22N2O5. The van der Waals surface area contributed by atoms with E-state index >= 15 is 0 Å². The third-order valence-electron chi connectivity index (χ3n) is 3.96. The molecule has 1 aliphatic rings. The van der Waals surface area contributed by atoms with Gasteiger partial charge in [0.05, 0.1) is 29.5 Å². The van der Waals surface area contributed by atoms with Crippen molar-refractivity contribution in [3.05, 3.63) is 46.2 Å². The van der Waals surface area contributed by atoms with Gasteiger partial charge in [0.15, 0.2) is 0 Å². The van der Waals surface area contributed by atoms with E-state index in [1.165, 1.54) is 0 Å². The number of esters is 2. The lowest BCUT2D eigenvalue weighted by molar-refractivity contribution is -0.139. The fourth-order valence-corrected chi connectivity index (χ4v) is 2.48. The first kappa shape index (κ1) is 18.5. The zero-order valence-electron chi connectivity index (χ0n) is 14.8. The lowest BCUT2D eigenvalue weighted by atomic mass is 10.0. The second-order valence-electron chi connectivity index (χ2n) is 5.81. The standard InChI is InChI=1S/C18H22N2O5/c1-5-24-17(22)15-12(4)19-18(23)20-14(15)9-25-16(21)13-7-6-10(2)11(3)8-13/h6-8,12H,5,9H2,1-4H3,(H2,19,20,23). The molecule has 2 N–H and O–H groups in total. The molecule has 0 saturated heterocycles. The summed E-state index contributed by atoms with van der Waals surface area (Å²) in [5.74, 6) is -1.08. The molecule has 0 aliphatic carbocycles. The zero-order chi connectivity index (χ0) is 18.6. The number of benzene rings is 1. The van der Waals surface area contributed by atoms with Crippen LogP contribution in [-0.2, 0) is 14.3 Å². The molecule has 0 aromatic heterocycles. The highest BCUT2D eigenvalue weighted by Crippen LogP contribution is 2.16. The van der Waals surface area contributed by atoms with E-state index in [1.807, 2.05) is 19.9 Å². The van der Waals surface area contributed by atoms with Crippen molar-refractivity contribution < 1.29 is 23.9 Å². The SMILES string of the molecule is CCOC(=O)C1=C(COC(=O)c2ccc(C)c(C)c2)NC(=O)NC1C. The molecule has 2 rings (SSSR count). The van der Waals surface area contributed by atoms with E-state index in [0.717, 1.165) is 11.1 Å². The number of ether oxygens (including phenoxy) is 2. The quantitative estimate of drug-likeness (QED) is 0.795. The Kier molecular flexibility index (Phi) is 5.80. The summed E-state index contributed by atoms with van der Waals surface area (Å²) in [5, 5.41) is 5.10. The molecule has 0 saturated carbocycles. The van der Waals surface area contributed by atoms with Gasteiger partial charge in [-0.05, 0) is 51.0 Å². The van der Waals surface area contributed by atoms with E-state index in [2.05, 4.69) is 10.6 Å².